The van der Waals surface area contributed by atoms with Crippen molar-refractivity contribution in [2.45, 2.75) is 0 Å². The average molecular weight is 645 g/mol. The quantitative estimate of drug-likeness (QED) is 0.154. The Morgan fingerprint density at radius 2 is 0.640 bits per heavy atom. The van der Waals surface area contributed by atoms with Gasteiger partial charge in [0.2, 0.25) is 0 Å². The summed E-state index contributed by atoms with van der Waals surface area (Å²) in [5, 5.41) is 0. The molecule has 0 heterocycles. The van der Waals surface area contributed by atoms with Crippen molar-refractivity contribution in [3.8, 4) is 33.4 Å². The van der Waals surface area contributed by atoms with Crippen molar-refractivity contribution in [3.63, 3.8) is 0 Å². The van der Waals surface area contributed by atoms with Crippen molar-refractivity contribution < 1.29 is 5.48 Å². The summed E-state index contributed by atoms with van der Waals surface area (Å²) >= 11 is 0. The molecule has 0 bridgehead atoms. The summed E-state index contributed by atoms with van der Waals surface area (Å²) in [6, 6.07) is 63.8. The van der Waals surface area contributed by atoms with Gasteiger partial charge in [-0.15, -0.1) is 0 Å². The van der Waals surface area contributed by atoms with E-state index in [-0.39, 0.29) is 35.4 Å². The van der Waals surface area contributed by atoms with Crippen LogP contribution in [0, 0.1) is 0 Å². The third-order valence-electron chi connectivity index (χ3n) is 8.74. The summed E-state index contributed by atoms with van der Waals surface area (Å²) < 4.78 is 37.2. The van der Waals surface area contributed by atoms with Crippen LogP contribution in [0.2, 0.25) is 0 Å². The molecule has 238 valence electrons. The Morgan fingerprint density at radius 3 is 1.16 bits per heavy atom. The van der Waals surface area contributed by atoms with E-state index in [4.69, 9.17) is 0 Å². The molecule has 0 unspecified atom stereocenters. The smallest absolute Gasteiger partial charge is 0.0645 e. The minimum absolute atomic E-state index is 0.0943. The summed E-state index contributed by atoms with van der Waals surface area (Å²) in [4.78, 5) is 4.06. The molecule has 0 aliphatic heterocycles. The van der Waals surface area contributed by atoms with Crippen LogP contribution in [0.1, 0.15) is 5.48 Å². The first-order valence-electron chi connectivity index (χ1n) is 18.7. The molecule has 0 radical (unpaired) electrons. The Balaban J connectivity index is 1.15. The Bertz CT molecular complexity index is 2440. The first kappa shape index (κ1) is 26.3. The largest absolute Gasteiger partial charge is 0.311 e. The summed E-state index contributed by atoms with van der Waals surface area (Å²) in [5.41, 5.74) is 9.66. The van der Waals surface area contributed by atoms with Gasteiger partial charge in [0.1, 0.15) is 0 Å². The van der Waals surface area contributed by atoms with Gasteiger partial charge in [-0.3, -0.25) is 0 Å². The summed E-state index contributed by atoms with van der Waals surface area (Å²) in [5.74, 6) is 0. The maximum absolute atomic E-state index is 9.35. The van der Waals surface area contributed by atoms with Crippen molar-refractivity contribution in [2.75, 3.05) is 9.80 Å². The summed E-state index contributed by atoms with van der Waals surface area (Å²) in [7, 11) is 0. The van der Waals surface area contributed by atoms with Crippen molar-refractivity contribution >= 4 is 34.1 Å². The topological polar surface area (TPSA) is 6.48 Å². The first-order chi connectivity index (χ1) is 26.5. The number of hydrogen-bond acceptors (Lipinski definition) is 2. The fourth-order valence-corrected chi connectivity index (χ4v) is 6.29. The first-order valence-corrected chi connectivity index (χ1v) is 16.7. The monoisotopic (exact) mass is 644 g/mol. The number of rotatable bonds is 9. The summed E-state index contributed by atoms with van der Waals surface area (Å²) in [6.45, 7) is 0. The van der Waals surface area contributed by atoms with Crippen LogP contribution in [0.25, 0.3) is 33.4 Å². The van der Waals surface area contributed by atoms with E-state index in [1.807, 2.05) is 150 Å². The third kappa shape index (κ3) is 6.43. The lowest BCUT2D eigenvalue weighted by Gasteiger charge is -2.28. The predicted octanol–water partition coefficient (Wildman–Crippen LogP) is 13.6. The van der Waals surface area contributed by atoms with Gasteiger partial charge in [0.25, 0.3) is 0 Å². The second kappa shape index (κ2) is 14.2. The molecule has 2 nitrogen and oxygen atoms in total. The van der Waals surface area contributed by atoms with E-state index in [9.17, 15) is 5.48 Å². The van der Waals surface area contributed by atoms with Gasteiger partial charge in [0, 0.05) is 34.0 Å². The summed E-state index contributed by atoms with van der Waals surface area (Å²) in [6.07, 6.45) is 0. The van der Waals surface area contributed by atoms with E-state index < -0.39 is 0 Å². The molecule has 0 spiro atoms. The maximum Gasteiger partial charge on any atom is 0.0645 e. The zero-order valence-electron chi connectivity index (χ0n) is 31.4. The van der Waals surface area contributed by atoms with Crippen LogP contribution < -0.4 is 9.80 Å². The van der Waals surface area contributed by atoms with Crippen LogP contribution in [0.5, 0.6) is 0 Å². The molecule has 0 saturated heterocycles. The fraction of sp³-hybridized carbons (Fsp3) is 0. The normalized spacial score (nSPS) is 11.9. The number of anilines is 6. The molecule has 0 aliphatic carbocycles. The number of nitrogens with zero attached hydrogens (tertiary/aromatic N) is 2. The maximum atomic E-state index is 9.35. The van der Waals surface area contributed by atoms with Gasteiger partial charge >= 0.3 is 0 Å². The van der Waals surface area contributed by atoms with Crippen molar-refractivity contribution in [1.29, 1.82) is 0 Å². The third-order valence-corrected chi connectivity index (χ3v) is 8.74. The van der Waals surface area contributed by atoms with Crippen LogP contribution in [0.15, 0.2) is 218 Å². The molecular weight excluding hydrogens is 605 g/mol. The predicted molar refractivity (Wildman–Crippen MR) is 212 cm³/mol. The van der Waals surface area contributed by atoms with E-state index in [2.05, 4.69) is 53.4 Å². The SMILES string of the molecule is [2H]c1c([2H])c(N(c2ccccc2)c2ccccc2-c2ccccc2)c([2H])c([2H])c1-c1ccc(-c2ccc(N(c3ccccc3)c3ccccc3)cc2)cc1. The molecule has 0 atom stereocenters. The molecule has 2 heteroatoms. The Kier molecular flexibility index (Phi) is 7.49. The Labute approximate surface area is 300 Å². The zero-order valence-corrected chi connectivity index (χ0v) is 27.4. The number of para-hydroxylation sites is 4. The lowest BCUT2D eigenvalue weighted by atomic mass is 9.99. The van der Waals surface area contributed by atoms with Gasteiger partial charge in [0.05, 0.1) is 11.2 Å². The zero-order chi connectivity index (χ0) is 37.0. The van der Waals surface area contributed by atoms with Crippen LogP contribution in [-0.2, 0) is 0 Å². The Morgan fingerprint density at radius 1 is 0.260 bits per heavy atom. The highest BCUT2D eigenvalue weighted by molar-refractivity contribution is 5.88. The molecule has 8 rings (SSSR count). The molecule has 0 fully saturated rings. The van der Waals surface area contributed by atoms with E-state index >= 15 is 0 Å². The van der Waals surface area contributed by atoms with Gasteiger partial charge in [-0.05, 0) is 94.5 Å². The van der Waals surface area contributed by atoms with Crippen molar-refractivity contribution in [3.05, 3.63) is 218 Å². The van der Waals surface area contributed by atoms with Crippen molar-refractivity contribution in [2.24, 2.45) is 0 Å². The van der Waals surface area contributed by atoms with Gasteiger partial charge in [0.15, 0.2) is 0 Å². The van der Waals surface area contributed by atoms with Gasteiger partial charge in [-0.1, -0.05) is 152 Å². The Hall–Kier alpha value is -6.64. The minimum Gasteiger partial charge on any atom is -0.311 e. The molecule has 0 aromatic heterocycles. The van der Waals surface area contributed by atoms with Gasteiger partial charge < -0.3 is 9.80 Å². The molecule has 0 amide bonds. The van der Waals surface area contributed by atoms with E-state index in [1.165, 1.54) is 0 Å². The molecule has 0 N–H and O–H groups in total. The highest BCUT2D eigenvalue weighted by atomic mass is 15.1. The highest BCUT2D eigenvalue weighted by Gasteiger charge is 2.17. The standard InChI is InChI=1S/C48H36N2/c1-5-15-41(16-6-1)47-23-13-14-24-48(47)50(44-21-11-4-12-22-44)46-35-31-40(32-36-46)38-27-25-37(26-28-38)39-29-33-45(34-30-39)49(42-17-7-2-8-18-42)43-19-9-3-10-20-43/h1-36H/i31D,32D,35D,36D. The average Bonchev–Trinajstić information content (AvgIpc) is 3.24. The number of hydrogen-bond donors (Lipinski definition) is 0. The lowest BCUT2D eigenvalue weighted by molar-refractivity contribution is 1.28. The van der Waals surface area contributed by atoms with E-state index in [0.717, 1.165) is 50.7 Å². The molecule has 50 heavy (non-hydrogen) atoms. The molecule has 0 saturated carbocycles. The van der Waals surface area contributed by atoms with E-state index in [0.29, 0.717) is 5.56 Å². The van der Waals surface area contributed by atoms with Crippen LogP contribution >= 0.6 is 0 Å². The molecule has 8 aromatic carbocycles. The van der Waals surface area contributed by atoms with Crippen LogP contribution in [0.3, 0.4) is 0 Å². The second-order valence-electron chi connectivity index (χ2n) is 11.9. The highest BCUT2D eigenvalue weighted by Crippen LogP contribution is 2.41. The molecular formula is C48H36N2. The van der Waals surface area contributed by atoms with Crippen LogP contribution in [-0.4, -0.2) is 0 Å². The fourth-order valence-electron chi connectivity index (χ4n) is 6.29. The van der Waals surface area contributed by atoms with Crippen LogP contribution in [0.4, 0.5) is 34.1 Å². The molecule has 0 aliphatic rings. The molecule has 8 aromatic rings. The van der Waals surface area contributed by atoms with Gasteiger partial charge in [-0.2, -0.15) is 0 Å². The lowest BCUT2D eigenvalue weighted by Crippen LogP contribution is -2.11. The minimum atomic E-state index is -0.112. The second-order valence-corrected chi connectivity index (χ2v) is 11.9. The number of benzene rings is 8. The van der Waals surface area contributed by atoms with E-state index in [1.54, 1.807) is 0 Å². The van der Waals surface area contributed by atoms with Gasteiger partial charge in [-0.25, -0.2) is 0 Å². The van der Waals surface area contributed by atoms with Crippen molar-refractivity contribution in [1.82, 2.24) is 0 Å².